The molecule has 78 valence electrons. The summed E-state index contributed by atoms with van der Waals surface area (Å²) >= 11 is 0. The minimum Gasteiger partial charge on any atom is -0.481 e. The van der Waals surface area contributed by atoms with Crippen LogP contribution in [0.3, 0.4) is 0 Å². The molecular formula is C10H16N2O2. The molecule has 0 fully saturated rings. The van der Waals surface area contributed by atoms with Gasteiger partial charge in [-0.25, -0.2) is 0 Å². The number of carboxylic acids is 1. The Hall–Kier alpha value is -1.32. The normalized spacial score (nSPS) is 12.8. The van der Waals surface area contributed by atoms with E-state index in [1.54, 1.807) is 6.92 Å². The lowest BCUT2D eigenvalue weighted by molar-refractivity contribution is -0.141. The first-order valence-corrected chi connectivity index (χ1v) is 4.80. The Kier molecular flexibility index (Phi) is 3.28. The van der Waals surface area contributed by atoms with Crippen LogP contribution in [0, 0.1) is 12.8 Å². The largest absolute Gasteiger partial charge is 0.481 e. The number of aliphatic carboxylic acids is 1. The topological polar surface area (TPSA) is 55.1 Å². The summed E-state index contributed by atoms with van der Waals surface area (Å²) in [5, 5.41) is 13.0. The molecule has 0 aliphatic heterocycles. The number of nitrogens with zero attached hydrogens (tertiary/aromatic N) is 2. The summed E-state index contributed by atoms with van der Waals surface area (Å²) in [6.07, 6.45) is 0.546. The molecule has 0 radical (unpaired) electrons. The molecule has 1 unspecified atom stereocenters. The Morgan fingerprint density at radius 2 is 2.36 bits per heavy atom. The average Bonchev–Trinajstić information content (AvgIpc) is 2.45. The zero-order valence-electron chi connectivity index (χ0n) is 8.82. The van der Waals surface area contributed by atoms with Crippen molar-refractivity contribution < 1.29 is 9.90 Å². The highest BCUT2D eigenvalue weighted by molar-refractivity contribution is 5.69. The van der Waals surface area contributed by atoms with Crippen molar-refractivity contribution in [3.63, 3.8) is 0 Å². The zero-order valence-corrected chi connectivity index (χ0v) is 8.82. The molecule has 1 aromatic heterocycles. The first kappa shape index (κ1) is 10.8. The Morgan fingerprint density at radius 3 is 2.86 bits per heavy atom. The fourth-order valence-corrected chi connectivity index (χ4v) is 1.44. The van der Waals surface area contributed by atoms with Gasteiger partial charge in [0.05, 0.1) is 11.6 Å². The van der Waals surface area contributed by atoms with E-state index in [2.05, 4.69) is 5.10 Å². The highest BCUT2D eigenvalue weighted by Gasteiger charge is 2.14. The van der Waals surface area contributed by atoms with Gasteiger partial charge in [0.2, 0.25) is 0 Å². The number of carboxylic acid groups (broad SMARTS) is 1. The molecule has 0 spiro atoms. The molecule has 1 N–H and O–H groups in total. The van der Waals surface area contributed by atoms with Crippen LogP contribution in [-0.2, 0) is 17.8 Å². The first-order chi connectivity index (χ1) is 6.54. The second-order valence-corrected chi connectivity index (χ2v) is 3.54. The van der Waals surface area contributed by atoms with Crippen LogP contribution in [0.4, 0.5) is 0 Å². The number of rotatable bonds is 4. The van der Waals surface area contributed by atoms with Gasteiger partial charge >= 0.3 is 5.97 Å². The van der Waals surface area contributed by atoms with Crippen molar-refractivity contribution in [1.29, 1.82) is 0 Å². The van der Waals surface area contributed by atoms with E-state index in [4.69, 9.17) is 5.11 Å². The van der Waals surface area contributed by atoms with Gasteiger partial charge in [0.1, 0.15) is 0 Å². The second kappa shape index (κ2) is 4.26. The Morgan fingerprint density at radius 1 is 1.71 bits per heavy atom. The number of carbonyl (C=O) groups is 1. The third kappa shape index (κ3) is 2.34. The monoisotopic (exact) mass is 196 g/mol. The van der Waals surface area contributed by atoms with Crippen molar-refractivity contribution in [2.45, 2.75) is 33.7 Å². The summed E-state index contributed by atoms with van der Waals surface area (Å²) in [7, 11) is 0. The Bertz CT molecular complexity index is 331. The van der Waals surface area contributed by atoms with Crippen molar-refractivity contribution in [2.24, 2.45) is 5.92 Å². The molecule has 1 aromatic rings. The average molecular weight is 196 g/mol. The lowest BCUT2D eigenvalue weighted by atomic mass is 10.1. The summed E-state index contributed by atoms with van der Waals surface area (Å²) in [5.74, 6) is -1.11. The molecule has 0 aromatic carbocycles. The van der Waals surface area contributed by atoms with Crippen molar-refractivity contribution in [2.75, 3.05) is 0 Å². The predicted molar refractivity (Wildman–Crippen MR) is 53.1 cm³/mol. The molecule has 1 rings (SSSR count). The van der Waals surface area contributed by atoms with Crippen molar-refractivity contribution >= 4 is 5.97 Å². The van der Waals surface area contributed by atoms with Crippen LogP contribution < -0.4 is 0 Å². The summed E-state index contributed by atoms with van der Waals surface area (Å²) in [6, 6.07) is 1.95. The highest BCUT2D eigenvalue weighted by atomic mass is 16.4. The molecule has 0 saturated carbocycles. The second-order valence-electron chi connectivity index (χ2n) is 3.54. The van der Waals surface area contributed by atoms with Gasteiger partial charge in [0.15, 0.2) is 0 Å². The van der Waals surface area contributed by atoms with Gasteiger partial charge in [0.25, 0.3) is 0 Å². The zero-order chi connectivity index (χ0) is 10.7. The number of aryl methyl sites for hydroxylation is 2. The van der Waals surface area contributed by atoms with Crippen molar-refractivity contribution in [3.05, 3.63) is 17.5 Å². The van der Waals surface area contributed by atoms with Crippen molar-refractivity contribution in [1.82, 2.24) is 9.78 Å². The third-order valence-electron chi connectivity index (χ3n) is 2.22. The molecule has 0 saturated heterocycles. The van der Waals surface area contributed by atoms with Crippen molar-refractivity contribution in [3.8, 4) is 0 Å². The van der Waals surface area contributed by atoms with E-state index < -0.39 is 5.97 Å². The molecule has 1 atom stereocenters. The minimum absolute atomic E-state index is 0.351. The molecule has 0 bridgehead atoms. The SMILES string of the molecule is CCn1nc(C)cc1CC(C)C(=O)O. The molecule has 1 heterocycles. The molecule has 4 nitrogen and oxygen atoms in total. The summed E-state index contributed by atoms with van der Waals surface area (Å²) in [5.41, 5.74) is 1.94. The maximum atomic E-state index is 10.7. The van der Waals surface area contributed by atoms with Crippen LogP contribution in [0.2, 0.25) is 0 Å². The van der Waals surface area contributed by atoms with Crippen LogP contribution in [-0.4, -0.2) is 20.9 Å². The van der Waals surface area contributed by atoms with E-state index in [0.29, 0.717) is 6.42 Å². The van der Waals surface area contributed by atoms with E-state index in [1.165, 1.54) is 0 Å². The van der Waals surface area contributed by atoms with Crippen LogP contribution in [0.1, 0.15) is 25.2 Å². The van der Waals surface area contributed by atoms with Crippen LogP contribution in [0.15, 0.2) is 6.07 Å². The van der Waals surface area contributed by atoms with E-state index in [0.717, 1.165) is 17.9 Å². The van der Waals surface area contributed by atoms with Gasteiger partial charge in [-0.05, 0) is 19.9 Å². The smallest absolute Gasteiger partial charge is 0.306 e. The van der Waals surface area contributed by atoms with Gasteiger partial charge in [-0.3, -0.25) is 9.48 Å². The van der Waals surface area contributed by atoms with E-state index in [1.807, 2.05) is 24.6 Å². The fraction of sp³-hybridized carbons (Fsp3) is 0.600. The first-order valence-electron chi connectivity index (χ1n) is 4.80. The number of hydrogen-bond acceptors (Lipinski definition) is 2. The molecular weight excluding hydrogens is 180 g/mol. The van der Waals surface area contributed by atoms with Gasteiger partial charge in [-0.2, -0.15) is 5.10 Å². The van der Waals surface area contributed by atoms with E-state index >= 15 is 0 Å². The quantitative estimate of drug-likeness (QED) is 0.793. The highest BCUT2D eigenvalue weighted by Crippen LogP contribution is 2.10. The third-order valence-corrected chi connectivity index (χ3v) is 2.22. The van der Waals surface area contributed by atoms with Crippen LogP contribution in [0.25, 0.3) is 0 Å². The summed E-state index contributed by atoms with van der Waals surface area (Å²) < 4.78 is 1.86. The maximum absolute atomic E-state index is 10.7. The minimum atomic E-state index is -0.758. The van der Waals surface area contributed by atoms with Gasteiger partial charge < -0.3 is 5.11 Å². The summed E-state index contributed by atoms with van der Waals surface area (Å²) in [6.45, 7) is 6.42. The van der Waals surface area contributed by atoms with Crippen LogP contribution >= 0.6 is 0 Å². The standard InChI is InChI=1S/C10H16N2O2/c1-4-12-9(6-8(3)11-12)5-7(2)10(13)14/h6-7H,4-5H2,1-3H3,(H,13,14). The summed E-state index contributed by atoms with van der Waals surface area (Å²) in [4.78, 5) is 10.7. The van der Waals surface area contributed by atoms with Gasteiger partial charge in [-0.1, -0.05) is 6.92 Å². The number of hydrogen-bond donors (Lipinski definition) is 1. The Balaban J connectivity index is 2.79. The lowest BCUT2D eigenvalue weighted by Gasteiger charge is -2.07. The molecule has 14 heavy (non-hydrogen) atoms. The maximum Gasteiger partial charge on any atom is 0.306 e. The predicted octanol–water partition coefficient (Wildman–Crippen LogP) is 1.47. The molecule has 0 amide bonds. The Labute approximate surface area is 83.5 Å². The van der Waals surface area contributed by atoms with E-state index in [9.17, 15) is 4.79 Å². The van der Waals surface area contributed by atoms with Gasteiger partial charge in [0, 0.05) is 18.7 Å². The van der Waals surface area contributed by atoms with E-state index in [-0.39, 0.29) is 5.92 Å². The lowest BCUT2D eigenvalue weighted by Crippen LogP contribution is -2.15. The molecule has 4 heteroatoms. The van der Waals surface area contributed by atoms with Gasteiger partial charge in [-0.15, -0.1) is 0 Å². The fourth-order valence-electron chi connectivity index (χ4n) is 1.44. The molecule has 0 aliphatic carbocycles. The number of aromatic nitrogens is 2. The van der Waals surface area contributed by atoms with Crippen LogP contribution in [0.5, 0.6) is 0 Å². The molecule has 0 aliphatic rings.